The normalized spacial score (nSPS) is 11.6. The Hall–Kier alpha value is -1.11. The molecule has 0 saturated carbocycles. The lowest BCUT2D eigenvalue weighted by Crippen LogP contribution is -2.25. The second-order valence-electron chi connectivity index (χ2n) is 3.45. The number of rotatable bonds is 7. The van der Waals surface area contributed by atoms with E-state index in [1.165, 1.54) is 24.3 Å². The zero-order valence-electron chi connectivity index (χ0n) is 9.72. The number of aromatic hydroxyl groups is 1. The number of nitrogens with one attached hydrogen (secondary N) is 1. The van der Waals surface area contributed by atoms with E-state index in [-0.39, 0.29) is 10.6 Å². The summed E-state index contributed by atoms with van der Waals surface area (Å²) < 4.78 is 31.0. The van der Waals surface area contributed by atoms with Crippen LogP contribution in [0.2, 0.25) is 0 Å². The summed E-state index contributed by atoms with van der Waals surface area (Å²) in [4.78, 5) is 0.0638. The Labute approximate surface area is 101 Å². The number of ether oxygens (including phenoxy) is 1. The van der Waals surface area contributed by atoms with Crippen molar-refractivity contribution in [2.75, 3.05) is 19.8 Å². The number of hydrogen-bond donors (Lipinski definition) is 2. The minimum Gasteiger partial charge on any atom is -0.508 e. The van der Waals surface area contributed by atoms with Gasteiger partial charge < -0.3 is 9.84 Å². The topological polar surface area (TPSA) is 75.6 Å². The Morgan fingerprint density at radius 3 is 2.82 bits per heavy atom. The van der Waals surface area contributed by atoms with Gasteiger partial charge in [0.05, 0.1) is 4.90 Å². The molecule has 0 unspecified atom stereocenters. The molecule has 96 valence electrons. The monoisotopic (exact) mass is 259 g/mol. The number of phenols is 1. The molecular formula is C11H17NO4S. The molecule has 0 aliphatic carbocycles. The first-order valence-corrected chi connectivity index (χ1v) is 6.91. The van der Waals surface area contributed by atoms with E-state index in [4.69, 9.17) is 4.74 Å². The molecule has 2 N–H and O–H groups in total. The van der Waals surface area contributed by atoms with Gasteiger partial charge in [0, 0.05) is 19.8 Å². The fraction of sp³-hybridized carbons (Fsp3) is 0.455. The van der Waals surface area contributed by atoms with Gasteiger partial charge in [-0.1, -0.05) is 6.07 Å². The molecule has 5 nitrogen and oxygen atoms in total. The molecule has 0 aromatic heterocycles. The smallest absolute Gasteiger partial charge is 0.240 e. The first kappa shape index (κ1) is 14.0. The van der Waals surface area contributed by atoms with E-state index in [1.807, 2.05) is 6.92 Å². The zero-order valence-corrected chi connectivity index (χ0v) is 10.5. The minimum absolute atomic E-state index is 0.0638. The van der Waals surface area contributed by atoms with Gasteiger partial charge in [0.2, 0.25) is 10.0 Å². The van der Waals surface area contributed by atoms with Crippen LogP contribution in [0.5, 0.6) is 5.75 Å². The van der Waals surface area contributed by atoms with Crippen LogP contribution in [0.3, 0.4) is 0 Å². The van der Waals surface area contributed by atoms with Gasteiger partial charge in [-0.25, -0.2) is 13.1 Å². The maximum atomic E-state index is 11.8. The van der Waals surface area contributed by atoms with Crippen molar-refractivity contribution < 1.29 is 18.3 Å². The van der Waals surface area contributed by atoms with Crippen molar-refractivity contribution >= 4 is 10.0 Å². The van der Waals surface area contributed by atoms with Crippen LogP contribution >= 0.6 is 0 Å². The highest BCUT2D eigenvalue weighted by Gasteiger charge is 2.13. The summed E-state index contributed by atoms with van der Waals surface area (Å²) in [5.41, 5.74) is 0. The molecule has 0 aliphatic rings. The lowest BCUT2D eigenvalue weighted by Gasteiger charge is -2.07. The SMILES string of the molecule is CCOCCCNS(=O)(=O)c1cccc(O)c1. The fourth-order valence-corrected chi connectivity index (χ4v) is 2.37. The van der Waals surface area contributed by atoms with Crippen molar-refractivity contribution in [3.05, 3.63) is 24.3 Å². The van der Waals surface area contributed by atoms with E-state index >= 15 is 0 Å². The lowest BCUT2D eigenvalue weighted by atomic mass is 10.3. The third-order valence-electron chi connectivity index (χ3n) is 2.09. The Bertz CT molecular complexity index is 445. The van der Waals surface area contributed by atoms with Crippen LogP contribution in [0, 0.1) is 0 Å². The summed E-state index contributed by atoms with van der Waals surface area (Å²) in [5, 5.41) is 9.21. The molecule has 0 amide bonds. The summed E-state index contributed by atoms with van der Waals surface area (Å²) in [6, 6.07) is 5.56. The van der Waals surface area contributed by atoms with E-state index in [0.29, 0.717) is 26.2 Å². The lowest BCUT2D eigenvalue weighted by molar-refractivity contribution is 0.146. The molecule has 1 aromatic rings. The van der Waals surface area contributed by atoms with Gasteiger partial charge in [0.15, 0.2) is 0 Å². The maximum absolute atomic E-state index is 11.8. The van der Waals surface area contributed by atoms with Crippen LogP contribution in [0.15, 0.2) is 29.2 Å². The van der Waals surface area contributed by atoms with Gasteiger partial charge in [0.1, 0.15) is 5.75 Å². The second-order valence-corrected chi connectivity index (χ2v) is 5.21. The molecule has 0 fully saturated rings. The van der Waals surface area contributed by atoms with Gasteiger partial charge in [-0.2, -0.15) is 0 Å². The van der Waals surface area contributed by atoms with Gasteiger partial charge in [-0.15, -0.1) is 0 Å². The predicted octanol–water partition coefficient (Wildman–Crippen LogP) is 1.10. The molecule has 1 aromatic carbocycles. The Morgan fingerprint density at radius 2 is 2.18 bits per heavy atom. The minimum atomic E-state index is -3.54. The highest BCUT2D eigenvalue weighted by atomic mass is 32.2. The van der Waals surface area contributed by atoms with Crippen LogP contribution in [0.25, 0.3) is 0 Å². The summed E-state index contributed by atoms with van der Waals surface area (Å²) in [5.74, 6) is -0.0674. The molecule has 6 heteroatoms. The van der Waals surface area contributed by atoms with E-state index in [0.717, 1.165) is 0 Å². The van der Waals surface area contributed by atoms with Crippen molar-refractivity contribution in [3.63, 3.8) is 0 Å². The number of phenolic OH excluding ortho intramolecular Hbond substituents is 1. The summed E-state index contributed by atoms with van der Waals surface area (Å²) in [6.07, 6.45) is 0.617. The van der Waals surface area contributed by atoms with Gasteiger partial charge in [-0.05, 0) is 31.5 Å². The van der Waals surface area contributed by atoms with Crippen LogP contribution in [0.4, 0.5) is 0 Å². The molecule has 0 spiro atoms. The predicted molar refractivity (Wildman–Crippen MR) is 64.4 cm³/mol. The van der Waals surface area contributed by atoms with Crippen molar-refractivity contribution in [2.45, 2.75) is 18.2 Å². The molecular weight excluding hydrogens is 242 g/mol. The largest absolute Gasteiger partial charge is 0.508 e. The molecule has 1 rings (SSSR count). The number of hydrogen-bond acceptors (Lipinski definition) is 4. The van der Waals surface area contributed by atoms with Gasteiger partial charge >= 0.3 is 0 Å². The molecule has 0 radical (unpaired) electrons. The van der Waals surface area contributed by atoms with Crippen LogP contribution in [0.1, 0.15) is 13.3 Å². The zero-order chi connectivity index (χ0) is 12.7. The molecule has 0 bridgehead atoms. The van der Waals surface area contributed by atoms with Crippen LogP contribution in [-0.4, -0.2) is 33.3 Å². The maximum Gasteiger partial charge on any atom is 0.240 e. The Morgan fingerprint density at radius 1 is 1.41 bits per heavy atom. The molecule has 0 atom stereocenters. The summed E-state index contributed by atoms with van der Waals surface area (Å²) in [7, 11) is -3.54. The number of sulfonamides is 1. The van der Waals surface area contributed by atoms with Crippen LogP contribution < -0.4 is 4.72 Å². The van der Waals surface area contributed by atoms with E-state index in [1.54, 1.807) is 0 Å². The quantitative estimate of drug-likeness (QED) is 0.719. The van der Waals surface area contributed by atoms with Crippen molar-refractivity contribution in [2.24, 2.45) is 0 Å². The third kappa shape index (κ3) is 4.72. The molecule has 0 aliphatic heterocycles. The Kier molecular flexibility index (Phi) is 5.40. The van der Waals surface area contributed by atoms with Crippen LogP contribution in [-0.2, 0) is 14.8 Å². The fourth-order valence-electron chi connectivity index (χ4n) is 1.26. The average Bonchev–Trinajstić information content (AvgIpc) is 2.29. The van der Waals surface area contributed by atoms with Gasteiger partial charge in [0.25, 0.3) is 0 Å². The molecule has 0 saturated heterocycles. The van der Waals surface area contributed by atoms with E-state index < -0.39 is 10.0 Å². The van der Waals surface area contributed by atoms with Crippen molar-refractivity contribution in [1.82, 2.24) is 4.72 Å². The summed E-state index contributed by atoms with van der Waals surface area (Å²) >= 11 is 0. The standard InChI is InChI=1S/C11H17NO4S/c1-2-16-8-4-7-12-17(14,15)11-6-3-5-10(13)9-11/h3,5-6,9,12-13H,2,4,7-8H2,1H3. The van der Waals surface area contributed by atoms with E-state index in [9.17, 15) is 13.5 Å². The molecule has 0 heterocycles. The third-order valence-corrected chi connectivity index (χ3v) is 3.55. The Balaban J connectivity index is 2.51. The van der Waals surface area contributed by atoms with Crippen molar-refractivity contribution in [3.8, 4) is 5.75 Å². The first-order chi connectivity index (χ1) is 8.06. The summed E-state index contributed by atoms with van der Waals surface area (Å²) in [6.45, 7) is 3.35. The number of benzene rings is 1. The highest BCUT2D eigenvalue weighted by Crippen LogP contribution is 2.15. The first-order valence-electron chi connectivity index (χ1n) is 5.42. The van der Waals surface area contributed by atoms with Gasteiger partial charge in [-0.3, -0.25) is 0 Å². The highest BCUT2D eigenvalue weighted by molar-refractivity contribution is 7.89. The van der Waals surface area contributed by atoms with Crippen molar-refractivity contribution in [1.29, 1.82) is 0 Å². The average molecular weight is 259 g/mol. The second kappa shape index (κ2) is 6.58. The van der Waals surface area contributed by atoms with E-state index in [2.05, 4.69) is 4.72 Å². The molecule has 17 heavy (non-hydrogen) atoms.